The van der Waals surface area contributed by atoms with E-state index in [0.717, 1.165) is 12.5 Å². The number of non-ortho nitro benzene ring substituents is 1. The molecule has 2 rings (SSSR count). The smallest absolute Gasteiger partial charge is 0.270 e. The van der Waals surface area contributed by atoms with Gasteiger partial charge in [-0.05, 0) is 31.4 Å². The van der Waals surface area contributed by atoms with Gasteiger partial charge in [0, 0.05) is 24.2 Å². The molecule has 0 aliphatic heterocycles. The normalized spacial score (nSPS) is 15.0. The first kappa shape index (κ1) is 10.9. The molecular weight excluding hydrogens is 208 g/mol. The number of nitrogens with zero attached hydrogens (tertiary/aromatic N) is 1. The summed E-state index contributed by atoms with van der Waals surface area (Å²) in [6.07, 6.45) is 2.52. The summed E-state index contributed by atoms with van der Waals surface area (Å²) in [5, 5.41) is 23.3. The van der Waals surface area contributed by atoms with Crippen LogP contribution in [0, 0.1) is 16.0 Å². The Morgan fingerprint density at radius 2 is 2.25 bits per heavy atom. The van der Waals surface area contributed by atoms with Crippen LogP contribution in [0.25, 0.3) is 0 Å². The molecule has 2 N–H and O–H groups in total. The lowest BCUT2D eigenvalue weighted by atomic mass is 10.1. The Morgan fingerprint density at radius 1 is 1.50 bits per heavy atom. The molecule has 0 atom stereocenters. The highest BCUT2D eigenvalue weighted by Gasteiger charge is 2.20. The van der Waals surface area contributed by atoms with E-state index >= 15 is 0 Å². The SMILES string of the molecule is O=[N+]([O-])c1ccc(O)c(CNCC2CC2)c1. The molecule has 0 spiro atoms. The minimum atomic E-state index is -0.455. The second-order valence-corrected chi connectivity index (χ2v) is 4.14. The summed E-state index contributed by atoms with van der Waals surface area (Å²) in [4.78, 5) is 10.1. The number of nitrogens with one attached hydrogen (secondary N) is 1. The Balaban J connectivity index is 1.99. The molecule has 0 saturated heterocycles. The standard InChI is InChI=1S/C11H14N2O3/c14-11-4-3-10(13(15)16)5-9(11)7-12-6-8-1-2-8/h3-5,8,12,14H,1-2,6-7H2. The lowest BCUT2D eigenvalue weighted by Crippen LogP contribution is -2.16. The number of hydrogen-bond donors (Lipinski definition) is 2. The molecule has 1 aromatic carbocycles. The van der Waals surface area contributed by atoms with Gasteiger partial charge in [0.05, 0.1) is 4.92 Å². The topological polar surface area (TPSA) is 75.4 Å². The highest BCUT2D eigenvalue weighted by molar-refractivity contribution is 5.42. The summed E-state index contributed by atoms with van der Waals surface area (Å²) in [5.74, 6) is 0.856. The van der Waals surface area contributed by atoms with E-state index in [4.69, 9.17) is 0 Å². The van der Waals surface area contributed by atoms with Gasteiger partial charge in [-0.2, -0.15) is 0 Å². The van der Waals surface area contributed by atoms with Crippen molar-refractivity contribution in [3.63, 3.8) is 0 Å². The van der Waals surface area contributed by atoms with E-state index in [1.54, 1.807) is 0 Å². The van der Waals surface area contributed by atoms with Crippen molar-refractivity contribution in [2.24, 2.45) is 5.92 Å². The van der Waals surface area contributed by atoms with Crippen LogP contribution in [0.2, 0.25) is 0 Å². The molecule has 1 aliphatic rings. The molecule has 1 aliphatic carbocycles. The van der Waals surface area contributed by atoms with E-state index in [1.807, 2.05) is 0 Å². The molecule has 0 unspecified atom stereocenters. The van der Waals surface area contributed by atoms with E-state index in [0.29, 0.717) is 12.1 Å². The molecule has 1 aromatic rings. The summed E-state index contributed by atoms with van der Waals surface area (Å²) >= 11 is 0. The quantitative estimate of drug-likeness (QED) is 0.588. The number of phenolic OH excluding ortho intramolecular Hbond substituents is 1. The molecule has 0 amide bonds. The van der Waals surface area contributed by atoms with Crippen molar-refractivity contribution in [3.05, 3.63) is 33.9 Å². The summed E-state index contributed by atoms with van der Waals surface area (Å²) in [7, 11) is 0. The van der Waals surface area contributed by atoms with Crippen LogP contribution >= 0.6 is 0 Å². The monoisotopic (exact) mass is 222 g/mol. The molecule has 1 saturated carbocycles. The second-order valence-electron chi connectivity index (χ2n) is 4.14. The number of nitro groups is 1. The van der Waals surface area contributed by atoms with Crippen molar-refractivity contribution >= 4 is 5.69 Å². The van der Waals surface area contributed by atoms with Gasteiger partial charge in [-0.3, -0.25) is 10.1 Å². The predicted molar refractivity (Wildman–Crippen MR) is 59.2 cm³/mol. The zero-order chi connectivity index (χ0) is 11.5. The van der Waals surface area contributed by atoms with Crippen molar-refractivity contribution in [2.45, 2.75) is 19.4 Å². The molecule has 5 heteroatoms. The fraction of sp³-hybridized carbons (Fsp3) is 0.455. The van der Waals surface area contributed by atoms with Crippen LogP contribution in [-0.2, 0) is 6.54 Å². The maximum atomic E-state index is 10.6. The van der Waals surface area contributed by atoms with Crippen LogP contribution in [0.4, 0.5) is 5.69 Å². The lowest BCUT2D eigenvalue weighted by Gasteiger charge is -2.05. The van der Waals surface area contributed by atoms with Gasteiger partial charge in [0.25, 0.3) is 5.69 Å². The van der Waals surface area contributed by atoms with Crippen molar-refractivity contribution in [1.29, 1.82) is 0 Å². The van der Waals surface area contributed by atoms with Gasteiger partial charge in [0.2, 0.25) is 0 Å². The van der Waals surface area contributed by atoms with Crippen LogP contribution in [0.3, 0.4) is 0 Å². The average molecular weight is 222 g/mol. The van der Waals surface area contributed by atoms with Crippen LogP contribution in [-0.4, -0.2) is 16.6 Å². The fourth-order valence-electron chi connectivity index (χ4n) is 1.56. The molecule has 86 valence electrons. The number of rotatable bonds is 5. The highest BCUT2D eigenvalue weighted by Crippen LogP contribution is 2.28. The molecule has 5 nitrogen and oxygen atoms in total. The van der Waals surface area contributed by atoms with E-state index in [1.165, 1.54) is 31.0 Å². The Morgan fingerprint density at radius 3 is 2.88 bits per heavy atom. The predicted octanol–water partition coefficient (Wildman–Crippen LogP) is 1.80. The molecule has 0 bridgehead atoms. The van der Waals surface area contributed by atoms with Crippen molar-refractivity contribution in [2.75, 3.05) is 6.54 Å². The zero-order valence-corrected chi connectivity index (χ0v) is 8.85. The van der Waals surface area contributed by atoms with Crippen LogP contribution in [0.5, 0.6) is 5.75 Å². The van der Waals surface area contributed by atoms with E-state index < -0.39 is 4.92 Å². The van der Waals surface area contributed by atoms with Crippen LogP contribution in [0.15, 0.2) is 18.2 Å². The van der Waals surface area contributed by atoms with Crippen molar-refractivity contribution in [3.8, 4) is 5.75 Å². The number of aromatic hydroxyl groups is 1. The van der Waals surface area contributed by atoms with Gasteiger partial charge in [-0.25, -0.2) is 0 Å². The first-order valence-electron chi connectivity index (χ1n) is 5.34. The first-order chi connectivity index (χ1) is 7.66. The van der Waals surface area contributed by atoms with Gasteiger partial charge in [0.1, 0.15) is 5.75 Å². The minimum absolute atomic E-state index is 0.0148. The van der Waals surface area contributed by atoms with Gasteiger partial charge in [-0.15, -0.1) is 0 Å². The summed E-state index contributed by atoms with van der Waals surface area (Å²) in [6.45, 7) is 1.39. The Labute approximate surface area is 93.2 Å². The van der Waals surface area contributed by atoms with Crippen molar-refractivity contribution < 1.29 is 10.0 Å². The highest BCUT2D eigenvalue weighted by atomic mass is 16.6. The maximum absolute atomic E-state index is 10.6. The third-order valence-corrected chi connectivity index (χ3v) is 2.72. The van der Waals surface area contributed by atoms with E-state index in [2.05, 4.69) is 5.32 Å². The molecule has 0 aromatic heterocycles. The second kappa shape index (κ2) is 4.49. The van der Waals surface area contributed by atoms with Crippen molar-refractivity contribution in [1.82, 2.24) is 5.32 Å². The van der Waals surface area contributed by atoms with Gasteiger partial charge in [-0.1, -0.05) is 0 Å². The molecule has 0 radical (unpaired) electrons. The maximum Gasteiger partial charge on any atom is 0.270 e. The summed E-state index contributed by atoms with van der Waals surface area (Å²) in [5.41, 5.74) is 0.593. The third kappa shape index (κ3) is 2.70. The number of nitro benzene ring substituents is 1. The Bertz CT molecular complexity index is 402. The lowest BCUT2D eigenvalue weighted by molar-refractivity contribution is -0.384. The van der Waals surface area contributed by atoms with E-state index in [-0.39, 0.29) is 11.4 Å². The Hall–Kier alpha value is -1.62. The van der Waals surface area contributed by atoms with Gasteiger partial charge in [0.15, 0.2) is 0 Å². The number of phenols is 1. The van der Waals surface area contributed by atoms with Gasteiger partial charge >= 0.3 is 0 Å². The van der Waals surface area contributed by atoms with Crippen LogP contribution < -0.4 is 5.32 Å². The zero-order valence-electron chi connectivity index (χ0n) is 8.85. The van der Waals surface area contributed by atoms with E-state index in [9.17, 15) is 15.2 Å². The van der Waals surface area contributed by atoms with Crippen LogP contribution in [0.1, 0.15) is 18.4 Å². The summed E-state index contributed by atoms with van der Waals surface area (Å²) in [6, 6.07) is 4.08. The molecule has 16 heavy (non-hydrogen) atoms. The average Bonchev–Trinajstić information content (AvgIpc) is 3.04. The molecule has 0 heterocycles. The largest absolute Gasteiger partial charge is 0.508 e. The first-order valence-corrected chi connectivity index (χ1v) is 5.34. The Kier molecular flexibility index (Phi) is 3.05. The fourth-order valence-corrected chi connectivity index (χ4v) is 1.56. The summed E-state index contributed by atoms with van der Waals surface area (Å²) < 4.78 is 0. The molecule has 1 fully saturated rings. The van der Waals surface area contributed by atoms with Gasteiger partial charge < -0.3 is 10.4 Å². The molecular formula is C11H14N2O3. The number of benzene rings is 1. The third-order valence-electron chi connectivity index (χ3n) is 2.72. The number of hydrogen-bond acceptors (Lipinski definition) is 4. The minimum Gasteiger partial charge on any atom is -0.508 e.